The van der Waals surface area contributed by atoms with Crippen LogP contribution in [0.2, 0.25) is 0 Å². The van der Waals surface area contributed by atoms with Gasteiger partial charge in [0.2, 0.25) is 0 Å². The number of rotatable bonds is 4. The van der Waals surface area contributed by atoms with Gasteiger partial charge in [-0.25, -0.2) is 20.5 Å². The first-order valence-corrected chi connectivity index (χ1v) is 5.43. The molecular formula is C6H13OS2-. The molecule has 0 N–H and O–H groups in total. The van der Waals surface area contributed by atoms with E-state index in [0.29, 0.717) is 11.7 Å². The fourth-order valence-corrected chi connectivity index (χ4v) is 1.37. The average molecular weight is 165 g/mol. The van der Waals surface area contributed by atoms with Crippen LogP contribution in [0.3, 0.4) is 0 Å². The van der Waals surface area contributed by atoms with Gasteiger partial charge in [0.25, 0.3) is 0 Å². The molecule has 0 heterocycles. The van der Waals surface area contributed by atoms with Crippen molar-refractivity contribution in [3.05, 3.63) is 0 Å². The minimum Gasteiger partial charge on any atom is -0.451 e. The van der Waals surface area contributed by atoms with Crippen molar-refractivity contribution in [3.8, 4) is 0 Å². The summed E-state index contributed by atoms with van der Waals surface area (Å²) in [5.41, 5.74) is 0. The highest BCUT2D eigenvalue weighted by Gasteiger charge is 1.88. The molecule has 0 aliphatic heterocycles. The quantitative estimate of drug-likeness (QED) is 0.591. The molecular weight excluding hydrogens is 152 g/mol. The molecule has 0 aromatic rings. The van der Waals surface area contributed by atoms with Crippen LogP contribution in [0, 0.1) is 5.92 Å². The van der Waals surface area contributed by atoms with E-state index in [1.165, 1.54) is 0 Å². The Balaban J connectivity index is 3.10. The predicted molar refractivity (Wildman–Crippen MR) is 44.4 cm³/mol. The minimum atomic E-state index is -0.999. The van der Waals surface area contributed by atoms with Crippen molar-refractivity contribution in [2.24, 2.45) is 5.92 Å². The van der Waals surface area contributed by atoms with E-state index in [1.807, 2.05) is 0 Å². The van der Waals surface area contributed by atoms with Crippen LogP contribution in [0.15, 0.2) is 0 Å². The van der Waals surface area contributed by atoms with E-state index in [-0.39, 0.29) is 0 Å². The first-order valence-electron chi connectivity index (χ1n) is 3.18. The Labute approximate surface area is 63.5 Å². The van der Waals surface area contributed by atoms with Crippen molar-refractivity contribution in [2.75, 3.05) is 5.75 Å². The summed E-state index contributed by atoms with van der Waals surface area (Å²) in [6.45, 7) is 4.32. The lowest BCUT2D eigenvalue weighted by Gasteiger charge is -2.03. The van der Waals surface area contributed by atoms with Gasteiger partial charge in [-0.15, -0.1) is 0 Å². The monoisotopic (exact) mass is 165 g/mol. The van der Waals surface area contributed by atoms with Crippen molar-refractivity contribution < 1.29 is 4.21 Å². The molecule has 56 valence electrons. The van der Waals surface area contributed by atoms with Crippen LogP contribution in [-0.2, 0) is 24.8 Å². The van der Waals surface area contributed by atoms with Crippen LogP contribution < -0.4 is 0 Å². The maximum Gasteiger partial charge on any atom is -0.0472 e. The van der Waals surface area contributed by atoms with E-state index in [1.54, 1.807) is 0 Å². The largest absolute Gasteiger partial charge is 0.451 e. The zero-order valence-corrected chi connectivity index (χ0v) is 7.56. The summed E-state index contributed by atoms with van der Waals surface area (Å²) in [6.07, 6.45) is 2.15. The first-order chi connectivity index (χ1) is 4.13. The maximum atomic E-state index is 10.4. The molecule has 0 saturated carbocycles. The summed E-state index contributed by atoms with van der Waals surface area (Å²) in [5.74, 6) is 1.40. The second-order valence-electron chi connectivity index (χ2n) is 2.54. The van der Waals surface area contributed by atoms with Crippen LogP contribution >= 0.6 is 0 Å². The maximum absolute atomic E-state index is 10.4. The summed E-state index contributed by atoms with van der Waals surface area (Å²) < 4.78 is 10.4. The van der Waals surface area contributed by atoms with Gasteiger partial charge in [0, 0.05) is 0 Å². The Kier molecular flexibility index (Phi) is 5.39. The highest BCUT2D eigenvalue weighted by Crippen LogP contribution is 2.02. The van der Waals surface area contributed by atoms with E-state index >= 15 is 0 Å². The standard InChI is InChI=1S/C6H13OS2/c1-6(2)4-3-5-9(7)8/h6H,3-5H2,1-2H3/q-1. The summed E-state index contributed by atoms with van der Waals surface area (Å²) in [5, 5.41) is 0. The van der Waals surface area contributed by atoms with E-state index in [0.717, 1.165) is 12.8 Å². The van der Waals surface area contributed by atoms with Gasteiger partial charge in [-0.3, -0.25) is 0 Å². The lowest BCUT2D eigenvalue weighted by molar-refractivity contribution is 0.570. The zero-order valence-electron chi connectivity index (χ0n) is 5.92. The van der Waals surface area contributed by atoms with Crippen LogP contribution in [0.25, 0.3) is 0 Å². The Morgan fingerprint density at radius 2 is 2.11 bits per heavy atom. The van der Waals surface area contributed by atoms with Crippen LogP contribution in [0.4, 0.5) is 0 Å². The van der Waals surface area contributed by atoms with Gasteiger partial charge in [-0.05, 0) is 5.92 Å². The van der Waals surface area contributed by atoms with E-state index in [4.69, 9.17) is 0 Å². The Morgan fingerprint density at radius 1 is 1.56 bits per heavy atom. The van der Waals surface area contributed by atoms with Crippen molar-refractivity contribution in [2.45, 2.75) is 26.7 Å². The molecule has 0 bridgehead atoms. The van der Waals surface area contributed by atoms with E-state index in [9.17, 15) is 4.21 Å². The van der Waals surface area contributed by atoms with Gasteiger partial charge in [0.05, 0.1) is 0 Å². The molecule has 0 radical (unpaired) electrons. The molecule has 3 heteroatoms. The molecule has 1 nitrogen and oxygen atoms in total. The predicted octanol–water partition coefficient (Wildman–Crippen LogP) is 1.85. The summed E-state index contributed by atoms with van der Waals surface area (Å²) >= 11 is 4.50. The van der Waals surface area contributed by atoms with Crippen molar-refractivity contribution in [1.82, 2.24) is 0 Å². The average Bonchev–Trinajstić information content (AvgIpc) is 1.63. The number of hydrogen-bond acceptors (Lipinski definition) is 3. The summed E-state index contributed by atoms with van der Waals surface area (Å²) in [6, 6.07) is 0. The highest BCUT2D eigenvalue weighted by molar-refractivity contribution is 8.21. The first kappa shape index (κ1) is 9.37. The molecule has 0 aromatic heterocycles. The second-order valence-corrected chi connectivity index (χ2v) is 4.68. The van der Waals surface area contributed by atoms with E-state index in [2.05, 4.69) is 25.0 Å². The minimum absolute atomic E-state index is 0.688. The van der Waals surface area contributed by atoms with Crippen LogP contribution in [-0.4, -0.2) is 5.75 Å². The molecule has 0 aliphatic carbocycles. The normalized spacial score (nSPS) is 11.1. The van der Waals surface area contributed by atoms with Crippen molar-refractivity contribution in [3.63, 3.8) is 0 Å². The van der Waals surface area contributed by atoms with Crippen LogP contribution in [0.1, 0.15) is 26.7 Å². The third-order valence-corrected chi connectivity index (χ3v) is 2.21. The van der Waals surface area contributed by atoms with Gasteiger partial charge in [-0.1, -0.05) is 32.4 Å². The smallest absolute Gasteiger partial charge is 0.0472 e. The van der Waals surface area contributed by atoms with Crippen molar-refractivity contribution in [1.29, 1.82) is 0 Å². The van der Waals surface area contributed by atoms with Gasteiger partial charge in [0.1, 0.15) is 0 Å². The van der Waals surface area contributed by atoms with Gasteiger partial charge < -0.3 is 4.21 Å². The van der Waals surface area contributed by atoms with Crippen molar-refractivity contribution >= 4 is 20.5 Å². The third kappa shape index (κ3) is 8.37. The SMILES string of the molecule is CC(C)CCC[S-](=O)=S. The highest BCUT2D eigenvalue weighted by atomic mass is 32.8. The Bertz CT molecular complexity index is 119. The van der Waals surface area contributed by atoms with Gasteiger partial charge >= 0.3 is 0 Å². The van der Waals surface area contributed by atoms with Gasteiger partial charge in [0.15, 0.2) is 0 Å². The molecule has 0 atom stereocenters. The molecule has 0 unspecified atom stereocenters. The molecule has 0 saturated heterocycles. The molecule has 0 fully saturated rings. The Morgan fingerprint density at radius 3 is 2.44 bits per heavy atom. The molecule has 0 aromatic carbocycles. The molecule has 0 rings (SSSR count). The lowest BCUT2D eigenvalue weighted by Crippen LogP contribution is -1.91. The zero-order chi connectivity index (χ0) is 7.28. The molecule has 0 amide bonds. The fourth-order valence-electron chi connectivity index (χ4n) is 0.609. The van der Waals surface area contributed by atoms with Crippen LogP contribution in [0.5, 0.6) is 0 Å². The molecule has 9 heavy (non-hydrogen) atoms. The summed E-state index contributed by atoms with van der Waals surface area (Å²) in [4.78, 5) is 0. The van der Waals surface area contributed by atoms with Gasteiger partial charge in [-0.2, -0.15) is 0 Å². The third-order valence-electron chi connectivity index (χ3n) is 1.09. The Hall–Kier alpha value is 0.370. The molecule has 0 spiro atoms. The molecule has 0 aliphatic rings. The topological polar surface area (TPSA) is 17.1 Å². The second kappa shape index (κ2) is 5.18. The lowest BCUT2D eigenvalue weighted by atomic mass is 10.1. The van der Waals surface area contributed by atoms with E-state index < -0.39 is 9.36 Å². The fraction of sp³-hybridized carbons (Fsp3) is 1.00. The number of hydrogen-bond donors (Lipinski definition) is 0. The summed E-state index contributed by atoms with van der Waals surface area (Å²) in [7, 11) is -0.999.